The highest BCUT2D eigenvalue weighted by Crippen LogP contribution is 2.25. The van der Waals surface area contributed by atoms with E-state index in [1.54, 1.807) is 7.05 Å². The van der Waals surface area contributed by atoms with E-state index in [2.05, 4.69) is 5.32 Å². The van der Waals surface area contributed by atoms with Crippen molar-refractivity contribution in [3.8, 4) is 0 Å². The van der Waals surface area contributed by atoms with Crippen molar-refractivity contribution in [1.29, 1.82) is 0 Å². The Labute approximate surface area is 145 Å². The van der Waals surface area contributed by atoms with Crippen LogP contribution in [0.5, 0.6) is 0 Å². The molecule has 2 aromatic carbocycles. The lowest BCUT2D eigenvalue weighted by atomic mass is 9.90. The number of anilines is 1. The van der Waals surface area contributed by atoms with E-state index in [4.69, 9.17) is 0 Å². The molecule has 2 aromatic rings. The van der Waals surface area contributed by atoms with E-state index in [0.717, 1.165) is 17.7 Å². The van der Waals surface area contributed by atoms with E-state index in [1.165, 1.54) is 24.8 Å². The van der Waals surface area contributed by atoms with Crippen LogP contribution in [0.1, 0.15) is 19.4 Å². The number of benzene rings is 2. The summed E-state index contributed by atoms with van der Waals surface area (Å²) >= 11 is 0. The third-order valence-electron chi connectivity index (χ3n) is 3.91. The fourth-order valence-corrected chi connectivity index (χ4v) is 2.39. The van der Waals surface area contributed by atoms with Gasteiger partial charge >= 0.3 is 0 Å². The third kappa shape index (κ3) is 4.21. The molecule has 0 aliphatic rings. The molecule has 0 aliphatic heterocycles. The first-order valence-electron chi connectivity index (χ1n) is 7.78. The number of nitrogens with zero attached hydrogens (tertiary/aromatic N) is 1. The predicted molar refractivity (Wildman–Crippen MR) is 91.7 cm³/mol. The molecule has 0 radical (unpaired) electrons. The number of carbonyl (C=O) groups excluding carboxylic acids is 2. The molecule has 0 unspecified atom stereocenters. The first-order valence-corrected chi connectivity index (χ1v) is 7.78. The fourth-order valence-electron chi connectivity index (χ4n) is 2.39. The van der Waals surface area contributed by atoms with Crippen molar-refractivity contribution in [2.75, 3.05) is 12.4 Å². The van der Waals surface area contributed by atoms with Crippen LogP contribution in [0.15, 0.2) is 48.5 Å². The topological polar surface area (TPSA) is 49.4 Å². The maximum atomic E-state index is 13.7. The van der Waals surface area contributed by atoms with E-state index in [0.29, 0.717) is 6.54 Å². The van der Waals surface area contributed by atoms with Crippen LogP contribution in [0.3, 0.4) is 0 Å². The largest absolute Gasteiger partial charge is 0.341 e. The molecule has 0 aliphatic carbocycles. The van der Waals surface area contributed by atoms with Gasteiger partial charge in [-0.25, -0.2) is 8.78 Å². The van der Waals surface area contributed by atoms with Gasteiger partial charge in [-0.05, 0) is 31.5 Å². The average Bonchev–Trinajstić information content (AvgIpc) is 2.58. The van der Waals surface area contributed by atoms with Crippen molar-refractivity contribution in [1.82, 2.24) is 4.90 Å². The SMILES string of the molecule is CN(Cc1ccccc1)C(=O)C(C)(C)C(=O)Nc1c(F)cccc1F. The summed E-state index contributed by atoms with van der Waals surface area (Å²) in [6, 6.07) is 12.6. The van der Waals surface area contributed by atoms with Crippen molar-refractivity contribution >= 4 is 17.5 Å². The van der Waals surface area contributed by atoms with Crippen LogP contribution in [-0.2, 0) is 16.1 Å². The molecule has 2 amide bonds. The summed E-state index contributed by atoms with van der Waals surface area (Å²) in [5.41, 5.74) is -1.13. The number of hydrogen-bond donors (Lipinski definition) is 1. The minimum absolute atomic E-state index is 0.324. The van der Waals surface area contributed by atoms with Crippen LogP contribution >= 0.6 is 0 Å². The highest BCUT2D eigenvalue weighted by molar-refractivity contribution is 6.09. The molecule has 2 rings (SSSR count). The molecule has 0 heterocycles. The summed E-state index contributed by atoms with van der Waals surface area (Å²) in [4.78, 5) is 26.5. The second kappa shape index (κ2) is 7.42. The molecule has 1 N–H and O–H groups in total. The minimum Gasteiger partial charge on any atom is -0.341 e. The maximum absolute atomic E-state index is 13.7. The van der Waals surface area contributed by atoms with E-state index < -0.39 is 34.6 Å². The van der Waals surface area contributed by atoms with Gasteiger partial charge in [-0.1, -0.05) is 36.4 Å². The van der Waals surface area contributed by atoms with Gasteiger partial charge in [-0.15, -0.1) is 0 Å². The van der Waals surface area contributed by atoms with Crippen LogP contribution in [0.4, 0.5) is 14.5 Å². The smallest absolute Gasteiger partial charge is 0.239 e. The molecular weight excluding hydrogens is 326 g/mol. The van der Waals surface area contributed by atoms with Crippen LogP contribution in [0, 0.1) is 17.0 Å². The Balaban J connectivity index is 2.13. The molecule has 0 aromatic heterocycles. The Bertz CT molecular complexity index is 756. The fraction of sp³-hybridized carbons (Fsp3) is 0.263. The van der Waals surface area contributed by atoms with E-state index >= 15 is 0 Å². The summed E-state index contributed by atoms with van der Waals surface area (Å²) in [7, 11) is 1.58. The molecule has 6 heteroatoms. The van der Waals surface area contributed by atoms with Gasteiger partial charge in [0.1, 0.15) is 22.7 Å². The molecular formula is C19H20F2N2O2. The lowest BCUT2D eigenvalue weighted by molar-refractivity contribution is -0.145. The van der Waals surface area contributed by atoms with Gasteiger partial charge in [0.25, 0.3) is 0 Å². The zero-order valence-corrected chi connectivity index (χ0v) is 14.3. The quantitative estimate of drug-likeness (QED) is 0.841. The Morgan fingerprint density at radius 3 is 2.12 bits per heavy atom. The second-order valence-corrected chi connectivity index (χ2v) is 6.32. The Kier molecular flexibility index (Phi) is 5.51. The molecule has 0 bridgehead atoms. The predicted octanol–water partition coefficient (Wildman–Crippen LogP) is 3.59. The number of carbonyl (C=O) groups is 2. The Morgan fingerprint density at radius 1 is 1.00 bits per heavy atom. The van der Waals surface area contributed by atoms with E-state index in [9.17, 15) is 18.4 Å². The second-order valence-electron chi connectivity index (χ2n) is 6.32. The molecule has 25 heavy (non-hydrogen) atoms. The molecule has 0 fully saturated rings. The summed E-state index contributed by atoms with van der Waals surface area (Å²) in [6.45, 7) is 3.17. The van der Waals surface area contributed by atoms with Gasteiger partial charge in [-0.2, -0.15) is 0 Å². The number of para-hydroxylation sites is 1. The van der Waals surface area contributed by atoms with Crippen molar-refractivity contribution in [2.45, 2.75) is 20.4 Å². The molecule has 4 nitrogen and oxygen atoms in total. The number of rotatable bonds is 5. The van der Waals surface area contributed by atoms with Crippen LogP contribution in [0.2, 0.25) is 0 Å². The molecule has 0 saturated heterocycles. The number of nitrogens with one attached hydrogen (secondary N) is 1. The average molecular weight is 346 g/mol. The number of amides is 2. The van der Waals surface area contributed by atoms with Crippen molar-refractivity contribution < 1.29 is 18.4 Å². The molecule has 0 atom stereocenters. The Morgan fingerprint density at radius 2 is 1.56 bits per heavy atom. The molecule has 0 spiro atoms. The zero-order chi connectivity index (χ0) is 18.6. The van der Waals surface area contributed by atoms with Crippen molar-refractivity contribution in [3.05, 3.63) is 65.7 Å². The monoisotopic (exact) mass is 346 g/mol. The number of hydrogen-bond acceptors (Lipinski definition) is 2. The van der Waals surface area contributed by atoms with Gasteiger partial charge in [0.05, 0.1) is 0 Å². The van der Waals surface area contributed by atoms with Crippen molar-refractivity contribution in [3.63, 3.8) is 0 Å². The Hall–Kier alpha value is -2.76. The first-order chi connectivity index (χ1) is 11.7. The minimum atomic E-state index is -1.49. The maximum Gasteiger partial charge on any atom is 0.239 e. The van der Waals surface area contributed by atoms with Gasteiger partial charge < -0.3 is 10.2 Å². The molecule has 0 saturated carbocycles. The standard InChI is InChI=1S/C19H20F2N2O2/c1-19(2,17(24)22-16-14(20)10-7-11-15(16)21)18(25)23(3)12-13-8-5-4-6-9-13/h4-11H,12H2,1-3H3,(H,22,24). The summed E-state index contributed by atoms with van der Waals surface area (Å²) < 4.78 is 27.4. The highest BCUT2D eigenvalue weighted by atomic mass is 19.1. The number of halogens is 2. The first kappa shape index (κ1) is 18.6. The van der Waals surface area contributed by atoms with Gasteiger partial charge in [0.2, 0.25) is 11.8 Å². The van der Waals surface area contributed by atoms with Gasteiger partial charge in [0.15, 0.2) is 0 Å². The van der Waals surface area contributed by atoms with Crippen LogP contribution in [0.25, 0.3) is 0 Å². The third-order valence-corrected chi connectivity index (χ3v) is 3.91. The van der Waals surface area contributed by atoms with Crippen LogP contribution in [-0.4, -0.2) is 23.8 Å². The van der Waals surface area contributed by atoms with Crippen LogP contribution < -0.4 is 5.32 Å². The van der Waals surface area contributed by atoms with E-state index in [1.807, 2.05) is 30.3 Å². The lowest BCUT2D eigenvalue weighted by Crippen LogP contribution is -2.45. The van der Waals surface area contributed by atoms with Gasteiger partial charge in [-0.3, -0.25) is 9.59 Å². The normalized spacial score (nSPS) is 11.1. The highest BCUT2D eigenvalue weighted by Gasteiger charge is 2.38. The van der Waals surface area contributed by atoms with Gasteiger partial charge in [0, 0.05) is 13.6 Å². The van der Waals surface area contributed by atoms with E-state index in [-0.39, 0.29) is 0 Å². The zero-order valence-electron chi connectivity index (χ0n) is 14.3. The van der Waals surface area contributed by atoms with Crippen molar-refractivity contribution in [2.24, 2.45) is 5.41 Å². The summed E-state index contributed by atoms with van der Waals surface area (Å²) in [5.74, 6) is -3.02. The lowest BCUT2D eigenvalue weighted by Gasteiger charge is -2.28. The molecule has 132 valence electrons. The summed E-state index contributed by atoms with van der Waals surface area (Å²) in [6.07, 6.45) is 0. The summed E-state index contributed by atoms with van der Waals surface area (Å²) in [5, 5.41) is 2.18.